The Bertz CT molecular complexity index is 925. The highest BCUT2D eigenvalue weighted by Gasteiger charge is 2.24. The smallest absolute Gasteiger partial charge is 0.262 e. The fourth-order valence-electron chi connectivity index (χ4n) is 2.65. The van der Waals surface area contributed by atoms with Crippen molar-refractivity contribution in [1.82, 2.24) is 0 Å². The van der Waals surface area contributed by atoms with Crippen molar-refractivity contribution in [3.8, 4) is 0 Å². The number of carbonyl (C=O) groups excluding carboxylic acids is 1. The molecule has 0 saturated carbocycles. The second kappa shape index (κ2) is 7.93. The van der Waals surface area contributed by atoms with Gasteiger partial charge in [0.05, 0.1) is 23.1 Å². The predicted molar refractivity (Wildman–Crippen MR) is 109 cm³/mol. The molecule has 1 aliphatic rings. The Morgan fingerprint density at radius 1 is 1.23 bits per heavy atom. The Morgan fingerprint density at radius 3 is 2.77 bits per heavy atom. The van der Waals surface area contributed by atoms with Gasteiger partial charge in [-0.2, -0.15) is 0 Å². The molecular weight excluding hydrogens is 467 g/mol. The lowest BCUT2D eigenvalue weighted by atomic mass is 10.1. The van der Waals surface area contributed by atoms with Gasteiger partial charge in [0.1, 0.15) is 0 Å². The maximum Gasteiger partial charge on any atom is 0.262 e. The fourth-order valence-corrected chi connectivity index (χ4v) is 4.42. The minimum Gasteiger partial charge on any atom is -0.381 e. The van der Waals surface area contributed by atoms with Crippen molar-refractivity contribution in [1.29, 1.82) is 0 Å². The van der Waals surface area contributed by atoms with Crippen LogP contribution in [-0.2, 0) is 19.6 Å². The molecule has 1 saturated heterocycles. The standard InChI is InChI=1S/C18H19IN2O4S/c1-12-5-6-16(19)17(9-12)21-26(23,24)15-4-2-3-14(10-15)20-18(22)13-7-8-25-11-13/h2-6,9-10,13,21H,7-8,11H2,1H3,(H,20,22). The maximum absolute atomic E-state index is 12.7. The van der Waals surface area contributed by atoms with Gasteiger partial charge in [-0.15, -0.1) is 0 Å². The third kappa shape index (κ3) is 4.54. The minimum atomic E-state index is -3.76. The summed E-state index contributed by atoms with van der Waals surface area (Å²) in [5.74, 6) is -0.347. The molecule has 26 heavy (non-hydrogen) atoms. The van der Waals surface area contributed by atoms with E-state index in [0.29, 0.717) is 31.0 Å². The van der Waals surface area contributed by atoms with Gasteiger partial charge in [0.2, 0.25) is 5.91 Å². The van der Waals surface area contributed by atoms with Crippen LogP contribution in [0.3, 0.4) is 0 Å². The SMILES string of the molecule is Cc1ccc(I)c(NS(=O)(=O)c2cccc(NC(=O)C3CCOC3)c2)c1. The number of hydrogen-bond acceptors (Lipinski definition) is 4. The average Bonchev–Trinajstić information content (AvgIpc) is 3.13. The normalized spacial score (nSPS) is 17.1. The van der Waals surface area contributed by atoms with Crippen molar-refractivity contribution in [3.63, 3.8) is 0 Å². The second-order valence-corrected chi connectivity index (χ2v) is 9.01. The van der Waals surface area contributed by atoms with Crippen molar-refractivity contribution in [3.05, 3.63) is 51.6 Å². The number of anilines is 2. The first kappa shape index (κ1) is 19.1. The Labute approximate surface area is 166 Å². The van der Waals surface area contributed by atoms with Crippen LogP contribution in [0.5, 0.6) is 0 Å². The highest BCUT2D eigenvalue weighted by atomic mass is 127. The van der Waals surface area contributed by atoms with Crippen molar-refractivity contribution >= 4 is 49.9 Å². The lowest BCUT2D eigenvalue weighted by Crippen LogP contribution is -2.23. The highest BCUT2D eigenvalue weighted by molar-refractivity contribution is 14.1. The van der Waals surface area contributed by atoms with Crippen LogP contribution in [0.15, 0.2) is 47.4 Å². The Hall–Kier alpha value is -1.65. The van der Waals surface area contributed by atoms with E-state index in [1.807, 2.05) is 19.1 Å². The number of halogens is 1. The molecule has 1 unspecified atom stereocenters. The zero-order chi connectivity index (χ0) is 18.7. The summed E-state index contributed by atoms with van der Waals surface area (Å²) in [5.41, 5.74) is 1.94. The lowest BCUT2D eigenvalue weighted by Gasteiger charge is -2.13. The van der Waals surface area contributed by atoms with Gasteiger partial charge in [-0.05, 0) is 71.8 Å². The number of benzene rings is 2. The third-order valence-electron chi connectivity index (χ3n) is 4.08. The number of rotatable bonds is 5. The lowest BCUT2D eigenvalue weighted by molar-refractivity contribution is -0.119. The molecular formula is C18H19IN2O4S. The largest absolute Gasteiger partial charge is 0.381 e. The molecule has 8 heteroatoms. The highest BCUT2D eigenvalue weighted by Crippen LogP contribution is 2.24. The van der Waals surface area contributed by atoms with Crippen molar-refractivity contribution in [2.75, 3.05) is 23.3 Å². The van der Waals surface area contributed by atoms with Gasteiger partial charge in [0.25, 0.3) is 10.0 Å². The number of carbonyl (C=O) groups is 1. The van der Waals surface area contributed by atoms with E-state index in [0.717, 1.165) is 9.13 Å². The molecule has 3 rings (SSSR count). The number of sulfonamides is 1. The molecule has 2 aromatic rings. The van der Waals surface area contributed by atoms with E-state index < -0.39 is 10.0 Å². The summed E-state index contributed by atoms with van der Waals surface area (Å²) < 4.78 is 34.1. The van der Waals surface area contributed by atoms with Crippen molar-refractivity contribution in [2.24, 2.45) is 5.92 Å². The molecule has 0 bridgehead atoms. The predicted octanol–water partition coefficient (Wildman–Crippen LogP) is 3.38. The zero-order valence-electron chi connectivity index (χ0n) is 14.2. The molecule has 2 N–H and O–H groups in total. The summed E-state index contributed by atoms with van der Waals surface area (Å²) in [7, 11) is -3.76. The van der Waals surface area contributed by atoms with Gasteiger partial charge in [-0.3, -0.25) is 9.52 Å². The average molecular weight is 486 g/mol. The number of hydrogen-bond donors (Lipinski definition) is 2. The monoisotopic (exact) mass is 486 g/mol. The van der Waals surface area contributed by atoms with E-state index in [2.05, 4.69) is 32.6 Å². The van der Waals surface area contributed by atoms with Crippen LogP contribution in [0.4, 0.5) is 11.4 Å². The van der Waals surface area contributed by atoms with Crippen LogP contribution >= 0.6 is 22.6 Å². The van der Waals surface area contributed by atoms with Gasteiger partial charge >= 0.3 is 0 Å². The van der Waals surface area contributed by atoms with Crippen molar-refractivity contribution in [2.45, 2.75) is 18.2 Å². The van der Waals surface area contributed by atoms with Crippen molar-refractivity contribution < 1.29 is 17.9 Å². The summed E-state index contributed by atoms with van der Waals surface area (Å²) >= 11 is 2.08. The molecule has 0 radical (unpaired) electrons. The second-order valence-electron chi connectivity index (χ2n) is 6.17. The Kier molecular flexibility index (Phi) is 5.83. The van der Waals surface area contributed by atoms with Crippen LogP contribution in [0.1, 0.15) is 12.0 Å². The van der Waals surface area contributed by atoms with E-state index in [1.54, 1.807) is 18.2 Å². The van der Waals surface area contributed by atoms with Gasteiger partial charge in [-0.1, -0.05) is 12.1 Å². The van der Waals surface area contributed by atoms with E-state index >= 15 is 0 Å². The first-order valence-electron chi connectivity index (χ1n) is 8.13. The molecule has 1 heterocycles. The third-order valence-corrected chi connectivity index (χ3v) is 6.38. The van der Waals surface area contributed by atoms with Gasteiger partial charge in [0.15, 0.2) is 0 Å². The molecule has 0 aliphatic carbocycles. The summed E-state index contributed by atoms with van der Waals surface area (Å²) in [6.45, 7) is 2.87. The van der Waals surface area contributed by atoms with E-state index in [4.69, 9.17) is 4.74 Å². The quantitative estimate of drug-likeness (QED) is 0.635. The van der Waals surface area contributed by atoms with Crippen LogP contribution in [0, 0.1) is 16.4 Å². The molecule has 0 spiro atoms. The molecule has 2 aromatic carbocycles. The van der Waals surface area contributed by atoms with Gasteiger partial charge in [-0.25, -0.2) is 8.42 Å². The van der Waals surface area contributed by atoms with Gasteiger partial charge in [0, 0.05) is 15.9 Å². The molecule has 1 aliphatic heterocycles. The van der Waals surface area contributed by atoms with E-state index in [9.17, 15) is 13.2 Å². The summed E-state index contributed by atoms with van der Waals surface area (Å²) in [6.07, 6.45) is 0.678. The van der Waals surface area contributed by atoms with Crippen LogP contribution in [0.2, 0.25) is 0 Å². The molecule has 0 aromatic heterocycles. The summed E-state index contributed by atoms with van der Waals surface area (Å²) in [5, 5.41) is 2.77. The molecule has 1 atom stereocenters. The molecule has 1 fully saturated rings. The number of amides is 1. The van der Waals surface area contributed by atoms with Gasteiger partial charge < -0.3 is 10.1 Å². The maximum atomic E-state index is 12.7. The number of nitrogens with one attached hydrogen (secondary N) is 2. The molecule has 1 amide bonds. The van der Waals surface area contributed by atoms with Crippen LogP contribution < -0.4 is 10.0 Å². The topological polar surface area (TPSA) is 84.5 Å². The zero-order valence-corrected chi connectivity index (χ0v) is 17.1. The molecule has 138 valence electrons. The first-order valence-corrected chi connectivity index (χ1v) is 10.7. The number of ether oxygens (including phenoxy) is 1. The first-order chi connectivity index (χ1) is 12.3. The van der Waals surface area contributed by atoms with Crippen LogP contribution in [-0.4, -0.2) is 27.5 Å². The van der Waals surface area contributed by atoms with E-state index in [-0.39, 0.29) is 16.7 Å². The number of aryl methyl sites for hydroxylation is 1. The fraction of sp³-hybridized carbons (Fsp3) is 0.278. The van der Waals surface area contributed by atoms with E-state index in [1.165, 1.54) is 12.1 Å². The summed E-state index contributed by atoms with van der Waals surface area (Å²) in [4.78, 5) is 12.3. The Balaban J connectivity index is 1.79. The summed E-state index contributed by atoms with van der Waals surface area (Å²) in [6, 6.07) is 11.8. The molecule has 6 nitrogen and oxygen atoms in total. The Morgan fingerprint density at radius 2 is 2.04 bits per heavy atom. The van der Waals surface area contributed by atoms with Crippen LogP contribution in [0.25, 0.3) is 0 Å². The minimum absolute atomic E-state index is 0.0929.